The van der Waals surface area contributed by atoms with Crippen LogP contribution in [0.5, 0.6) is 0 Å². The van der Waals surface area contributed by atoms with Crippen LogP contribution in [0.2, 0.25) is 0 Å². The lowest BCUT2D eigenvalue weighted by Crippen LogP contribution is -2.46. The molecule has 0 aromatic rings. The van der Waals surface area contributed by atoms with Crippen LogP contribution in [0, 0.1) is 5.41 Å². The van der Waals surface area contributed by atoms with E-state index in [2.05, 4.69) is 13.8 Å². The lowest BCUT2D eigenvalue weighted by atomic mass is 9.75. The van der Waals surface area contributed by atoms with Gasteiger partial charge in [0.25, 0.3) is 0 Å². The second kappa shape index (κ2) is 5.46. The first-order chi connectivity index (χ1) is 7.52. The predicted octanol–water partition coefficient (Wildman–Crippen LogP) is 2.74. The smallest absolute Gasteiger partial charge is 0.229 e. The van der Waals surface area contributed by atoms with E-state index in [1.807, 2.05) is 6.92 Å². The van der Waals surface area contributed by atoms with E-state index in [0.717, 1.165) is 12.8 Å². The Bertz CT molecular complexity index is 255. The van der Waals surface area contributed by atoms with E-state index in [4.69, 9.17) is 0 Å². The van der Waals surface area contributed by atoms with E-state index in [-0.39, 0.29) is 17.2 Å². The van der Waals surface area contributed by atoms with Crippen LogP contribution in [0.1, 0.15) is 59.3 Å². The average Bonchev–Trinajstić information content (AvgIpc) is 2.17. The molecular formula is C13H23NO2. The molecule has 1 saturated heterocycles. The number of likely N-dealkylation sites (tertiary alicyclic amines) is 1. The van der Waals surface area contributed by atoms with E-state index in [1.165, 1.54) is 17.7 Å². The second-order valence-corrected chi connectivity index (χ2v) is 5.15. The molecule has 0 N–H and O–H groups in total. The summed E-state index contributed by atoms with van der Waals surface area (Å²) in [4.78, 5) is 25.0. The number of hydrogen-bond acceptors (Lipinski definition) is 2. The molecule has 0 aromatic carbocycles. The molecule has 1 rings (SSSR count). The normalized spacial score (nSPS) is 20.3. The number of hydrogen-bond donors (Lipinski definition) is 0. The first kappa shape index (κ1) is 13.2. The monoisotopic (exact) mass is 225 g/mol. The molecule has 0 bridgehead atoms. The van der Waals surface area contributed by atoms with Crippen LogP contribution >= 0.6 is 0 Å². The summed E-state index contributed by atoms with van der Waals surface area (Å²) in [5.41, 5.74) is -0.0883. The van der Waals surface area contributed by atoms with Gasteiger partial charge >= 0.3 is 0 Å². The Morgan fingerprint density at radius 2 is 1.69 bits per heavy atom. The minimum absolute atomic E-state index is 0.0118. The van der Waals surface area contributed by atoms with Crippen LogP contribution in [-0.2, 0) is 9.59 Å². The number of piperidine rings is 1. The standard InChI is InChI=1S/C13H23NO2/c1-4-6-7-8-13(3)9-11(15)14(5-2)12(16)10-13/h4-10H2,1-3H3. The summed E-state index contributed by atoms with van der Waals surface area (Å²) in [6.45, 7) is 6.61. The highest BCUT2D eigenvalue weighted by molar-refractivity contribution is 5.98. The lowest BCUT2D eigenvalue weighted by Gasteiger charge is -2.37. The molecule has 0 atom stereocenters. The molecular weight excluding hydrogens is 202 g/mol. The number of nitrogens with zero attached hydrogens (tertiary/aromatic N) is 1. The van der Waals surface area contributed by atoms with Crippen molar-refractivity contribution < 1.29 is 9.59 Å². The van der Waals surface area contributed by atoms with Crippen molar-refractivity contribution in [3.05, 3.63) is 0 Å². The fraction of sp³-hybridized carbons (Fsp3) is 0.846. The van der Waals surface area contributed by atoms with Crippen molar-refractivity contribution in [1.82, 2.24) is 4.90 Å². The molecule has 0 aliphatic carbocycles. The van der Waals surface area contributed by atoms with Crippen LogP contribution in [-0.4, -0.2) is 23.3 Å². The van der Waals surface area contributed by atoms with Gasteiger partial charge in [-0.25, -0.2) is 0 Å². The molecule has 0 radical (unpaired) electrons. The molecule has 0 saturated carbocycles. The van der Waals surface area contributed by atoms with E-state index in [1.54, 1.807) is 0 Å². The quantitative estimate of drug-likeness (QED) is 0.533. The van der Waals surface area contributed by atoms with Gasteiger partial charge in [-0.15, -0.1) is 0 Å². The van der Waals surface area contributed by atoms with Crippen LogP contribution in [0.3, 0.4) is 0 Å². The van der Waals surface area contributed by atoms with E-state index in [0.29, 0.717) is 19.4 Å². The van der Waals surface area contributed by atoms with E-state index in [9.17, 15) is 9.59 Å². The van der Waals surface area contributed by atoms with Gasteiger partial charge in [-0.1, -0.05) is 33.1 Å². The predicted molar refractivity (Wildman–Crippen MR) is 63.9 cm³/mol. The van der Waals surface area contributed by atoms with Gasteiger partial charge in [-0.2, -0.15) is 0 Å². The molecule has 2 amide bonds. The van der Waals surface area contributed by atoms with Crippen molar-refractivity contribution in [3.63, 3.8) is 0 Å². The Morgan fingerprint density at radius 3 is 2.12 bits per heavy atom. The fourth-order valence-corrected chi connectivity index (χ4v) is 2.45. The van der Waals surface area contributed by atoms with Crippen LogP contribution < -0.4 is 0 Å². The Balaban J connectivity index is 2.57. The Labute approximate surface area is 98.2 Å². The molecule has 3 heteroatoms. The van der Waals surface area contributed by atoms with Gasteiger partial charge in [0.15, 0.2) is 0 Å². The number of amides is 2. The highest BCUT2D eigenvalue weighted by Gasteiger charge is 2.39. The Hall–Kier alpha value is -0.860. The lowest BCUT2D eigenvalue weighted by molar-refractivity contribution is -0.152. The zero-order valence-electron chi connectivity index (χ0n) is 10.7. The summed E-state index contributed by atoms with van der Waals surface area (Å²) < 4.78 is 0. The molecule has 1 fully saturated rings. The first-order valence-electron chi connectivity index (χ1n) is 6.35. The number of carbonyl (C=O) groups excluding carboxylic acids is 2. The van der Waals surface area contributed by atoms with Gasteiger partial charge in [0.1, 0.15) is 0 Å². The fourth-order valence-electron chi connectivity index (χ4n) is 2.45. The maximum absolute atomic E-state index is 11.8. The molecule has 3 nitrogen and oxygen atoms in total. The Morgan fingerprint density at radius 1 is 1.12 bits per heavy atom. The molecule has 92 valence electrons. The van der Waals surface area contributed by atoms with Crippen molar-refractivity contribution in [2.45, 2.75) is 59.3 Å². The number of imide groups is 1. The zero-order valence-corrected chi connectivity index (χ0v) is 10.7. The van der Waals surface area contributed by atoms with E-state index >= 15 is 0 Å². The second-order valence-electron chi connectivity index (χ2n) is 5.15. The van der Waals surface area contributed by atoms with Crippen molar-refractivity contribution in [2.24, 2.45) is 5.41 Å². The molecule has 1 aliphatic heterocycles. The maximum atomic E-state index is 11.8. The highest BCUT2D eigenvalue weighted by Crippen LogP contribution is 2.37. The summed E-state index contributed by atoms with van der Waals surface area (Å²) in [6, 6.07) is 0. The van der Waals surface area contributed by atoms with Crippen molar-refractivity contribution in [3.8, 4) is 0 Å². The number of unbranched alkanes of at least 4 members (excludes halogenated alkanes) is 2. The minimum Gasteiger partial charge on any atom is -0.283 e. The number of carbonyl (C=O) groups is 2. The molecule has 0 unspecified atom stereocenters. The molecule has 0 spiro atoms. The van der Waals surface area contributed by atoms with Gasteiger partial charge in [0.05, 0.1) is 0 Å². The van der Waals surface area contributed by atoms with Gasteiger partial charge < -0.3 is 0 Å². The maximum Gasteiger partial charge on any atom is 0.229 e. The molecule has 1 heterocycles. The Kier molecular flexibility index (Phi) is 4.51. The summed E-state index contributed by atoms with van der Waals surface area (Å²) in [5, 5.41) is 0. The summed E-state index contributed by atoms with van der Waals surface area (Å²) in [6.07, 6.45) is 5.57. The third-order valence-corrected chi connectivity index (χ3v) is 3.46. The van der Waals surface area contributed by atoms with Crippen molar-refractivity contribution in [1.29, 1.82) is 0 Å². The zero-order chi connectivity index (χ0) is 12.2. The summed E-state index contributed by atoms with van der Waals surface area (Å²) >= 11 is 0. The van der Waals surface area contributed by atoms with Crippen molar-refractivity contribution >= 4 is 11.8 Å². The minimum atomic E-state index is -0.0883. The molecule has 1 aliphatic rings. The van der Waals surface area contributed by atoms with Gasteiger partial charge in [-0.05, 0) is 18.8 Å². The van der Waals surface area contributed by atoms with Crippen LogP contribution in [0.4, 0.5) is 0 Å². The van der Waals surface area contributed by atoms with Gasteiger partial charge in [0.2, 0.25) is 11.8 Å². The first-order valence-corrected chi connectivity index (χ1v) is 6.35. The topological polar surface area (TPSA) is 37.4 Å². The number of rotatable bonds is 5. The molecule has 0 aromatic heterocycles. The van der Waals surface area contributed by atoms with Gasteiger partial charge in [0, 0.05) is 19.4 Å². The SMILES string of the molecule is CCCCCC1(C)CC(=O)N(CC)C(=O)C1. The summed E-state index contributed by atoms with van der Waals surface area (Å²) in [7, 11) is 0. The third kappa shape index (κ3) is 3.06. The third-order valence-electron chi connectivity index (χ3n) is 3.46. The van der Waals surface area contributed by atoms with Crippen LogP contribution in [0.25, 0.3) is 0 Å². The van der Waals surface area contributed by atoms with E-state index < -0.39 is 0 Å². The highest BCUT2D eigenvalue weighted by atomic mass is 16.2. The molecule has 16 heavy (non-hydrogen) atoms. The van der Waals surface area contributed by atoms with Crippen molar-refractivity contribution in [2.75, 3.05) is 6.54 Å². The van der Waals surface area contributed by atoms with Gasteiger partial charge in [-0.3, -0.25) is 14.5 Å². The largest absolute Gasteiger partial charge is 0.283 e. The van der Waals surface area contributed by atoms with Crippen LogP contribution in [0.15, 0.2) is 0 Å². The summed E-state index contributed by atoms with van der Waals surface area (Å²) in [5.74, 6) is 0.0236. The average molecular weight is 225 g/mol.